The number of carboxylic acid groups (broad SMARTS) is 1. The summed E-state index contributed by atoms with van der Waals surface area (Å²) in [5.74, 6) is -0.862. The minimum Gasteiger partial charge on any atom is -0.480 e. The van der Waals surface area contributed by atoms with Crippen molar-refractivity contribution in [3.05, 3.63) is 30.1 Å². The SMILES string of the molecule is CN(CC(NC1CC1)(C(=O)O)C1CC1)c1ccc(F)cc1. The van der Waals surface area contributed by atoms with Crippen LogP contribution in [0.25, 0.3) is 0 Å². The van der Waals surface area contributed by atoms with E-state index in [2.05, 4.69) is 5.32 Å². The largest absolute Gasteiger partial charge is 0.480 e. The molecule has 1 aromatic carbocycles. The van der Waals surface area contributed by atoms with Crippen LogP contribution in [-0.4, -0.2) is 36.2 Å². The molecule has 1 unspecified atom stereocenters. The first-order valence-electron chi connectivity index (χ1n) is 7.49. The Balaban J connectivity index is 1.79. The molecule has 0 aliphatic heterocycles. The van der Waals surface area contributed by atoms with Gasteiger partial charge in [0.2, 0.25) is 0 Å². The number of anilines is 1. The quantitative estimate of drug-likeness (QED) is 0.809. The van der Waals surface area contributed by atoms with Crippen LogP contribution in [0.5, 0.6) is 0 Å². The van der Waals surface area contributed by atoms with Gasteiger partial charge in [0, 0.05) is 25.3 Å². The number of carboxylic acids is 1. The van der Waals surface area contributed by atoms with Crippen molar-refractivity contribution < 1.29 is 14.3 Å². The molecule has 2 aliphatic carbocycles. The van der Waals surface area contributed by atoms with E-state index in [0.717, 1.165) is 31.4 Å². The molecule has 0 amide bonds. The second-order valence-electron chi connectivity index (χ2n) is 6.30. The molecule has 2 saturated carbocycles. The zero-order valence-electron chi connectivity index (χ0n) is 12.2. The fourth-order valence-corrected chi connectivity index (χ4v) is 2.93. The van der Waals surface area contributed by atoms with Gasteiger partial charge in [0.05, 0.1) is 0 Å². The third-order valence-electron chi connectivity index (χ3n) is 4.45. The molecular weight excluding hydrogens is 271 g/mol. The summed E-state index contributed by atoms with van der Waals surface area (Å²) in [6.45, 7) is 0.398. The molecule has 2 N–H and O–H groups in total. The normalized spacial score (nSPS) is 20.9. The van der Waals surface area contributed by atoms with Gasteiger partial charge in [0.15, 0.2) is 0 Å². The monoisotopic (exact) mass is 292 g/mol. The van der Waals surface area contributed by atoms with Crippen LogP contribution in [0.1, 0.15) is 25.7 Å². The molecule has 4 nitrogen and oxygen atoms in total. The van der Waals surface area contributed by atoms with Crippen molar-refractivity contribution in [2.75, 3.05) is 18.5 Å². The smallest absolute Gasteiger partial charge is 0.326 e. The number of rotatable bonds is 7. The number of nitrogens with one attached hydrogen (secondary N) is 1. The molecule has 21 heavy (non-hydrogen) atoms. The van der Waals surface area contributed by atoms with Gasteiger partial charge in [-0.1, -0.05) is 0 Å². The molecule has 3 rings (SSSR count). The van der Waals surface area contributed by atoms with E-state index in [1.54, 1.807) is 12.1 Å². The fraction of sp³-hybridized carbons (Fsp3) is 0.562. The van der Waals surface area contributed by atoms with Gasteiger partial charge in [0.25, 0.3) is 0 Å². The first-order chi connectivity index (χ1) is 10.0. The number of nitrogens with zero attached hydrogens (tertiary/aromatic N) is 1. The van der Waals surface area contributed by atoms with E-state index in [-0.39, 0.29) is 11.7 Å². The van der Waals surface area contributed by atoms with E-state index in [1.165, 1.54) is 12.1 Å². The maximum Gasteiger partial charge on any atom is 0.326 e. The van der Waals surface area contributed by atoms with Crippen LogP contribution in [-0.2, 0) is 4.79 Å². The lowest BCUT2D eigenvalue weighted by Gasteiger charge is -2.36. The number of hydrogen-bond donors (Lipinski definition) is 2. The van der Waals surface area contributed by atoms with Gasteiger partial charge in [-0.05, 0) is 55.9 Å². The van der Waals surface area contributed by atoms with Crippen molar-refractivity contribution in [1.82, 2.24) is 5.32 Å². The Hall–Kier alpha value is -1.62. The molecule has 0 bridgehead atoms. The van der Waals surface area contributed by atoms with Gasteiger partial charge >= 0.3 is 5.97 Å². The molecule has 0 heterocycles. The third-order valence-corrected chi connectivity index (χ3v) is 4.45. The summed E-state index contributed by atoms with van der Waals surface area (Å²) < 4.78 is 13.0. The van der Waals surface area contributed by atoms with Gasteiger partial charge in [-0.2, -0.15) is 0 Å². The first kappa shape index (κ1) is 14.3. The lowest BCUT2D eigenvalue weighted by atomic mass is 9.92. The molecule has 2 fully saturated rings. The molecule has 0 spiro atoms. The van der Waals surface area contributed by atoms with Crippen LogP contribution in [0.15, 0.2) is 24.3 Å². The average Bonchev–Trinajstić information content (AvgIpc) is 3.31. The molecule has 5 heteroatoms. The number of aliphatic carboxylic acids is 1. The summed E-state index contributed by atoms with van der Waals surface area (Å²) in [5.41, 5.74) is -0.0510. The van der Waals surface area contributed by atoms with E-state index in [1.807, 2.05) is 11.9 Å². The van der Waals surface area contributed by atoms with Gasteiger partial charge in [-0.25, -0.2) is 4.39 Å². The van der Waals surface area contributed by atoms with Crippen LogP contribution in [0, 0.1) is 11.7 Å². The molecule has 0 saturated heterocycles. The highest BCUT2D eigenvalue weighted by molar-refractivity contribution is 5.81. The lowest BCUT2D eigenvalue weighted by molar-refractivity contribution is -0.145. The second-order valence-corrected chi connectivity index (χ2v) is 6.30. The summed E-state index contributed by atoms with van der Waals surface area (Å²) in [6, 6.07) is 6.51. The van der Waals surface area contributed by atoms with E-state index in [9.17, 15) is 14.3 Å². The predicted molar refractivity (Wildman–Crippen MR) is 78.9 cm³/mol. The van der Waals surface area contributed by atoms with Crippen LogP contribution in [0.3, 0.4) is 0 Å². The number of carbonyl (C=O) groups is 1. The summed E-state index contributed by atoms with van der Waals surface area (Å²) >= 11 is 0. The van der Waals surface area contributed by atoms with Crippen molar-refractivity contribution in [1.29, 1.82) is 0 Å². The lowest BCUT2D eigenvalue weighted by Crippen LogP contribution is -2.61. The van der Waals surface area contributed by atoms with E-state index >= 15 is 0 Å². The summed E-state index contributed by atoms with van der Waals surface area (Å²) in [6.07, 6.45) is 4.04. The van der Waals surface area contributed by atoms with E-state index < -0.39 is 11.5 Å². The highest BCUT2D eigenvalue weighted by atomic mass is 19.1. The van der Waals surface area contributed by atoms with Gasteiger partial charge in [-0.3, -0.25) is 10.1 Å². The fourth-order valence-electron chi connectivity index (χ4n) is 2.93. The van der Waals surface area contributed by atoms with E-state index in [0.29, 0.717) is 12.6 Å². The Morgan fingerprint density at radius 1 is 1.33 bits per heavy atom. The molecule has 0 radical (unpaired) electrons. The molecule has 2 aliphatic rings. The zero-order chi connectivity index (χ0) is 15.0. The predicted octanol–water partition coefficient (Wildman–Crippen LogP) is 2.25. The van der Waals surface area contributed by atoms with Crippen LogP contribution < -0.4 is 10.2 Å². The third kappa shape index (κ3) is 3.02. The van der Waals surface area contributed by atoms with Crippen molar-refractivity contribution in [2.24, 2.45) is 5.92 Å². The average molecular weight is 292 g/mol. The summed E-state index contributed by atoms with van der Waals surface area (Å²) in [7, 11) is 1.86. The topological polar surface area (TPSA) is 52.6 Å². The van der Waals surface area contributed by atoms with Gasteiger partial charge in [0.1, 0.15) is 11.4 Å². The minimum absolute atomic E-state index is 0.193. The maximum atomic E-state index is 13.0. The summed E-state index contributed by atoms with van der Waals surface area (Å²) in [5, 5.41) is 13.2. The number of benzene rings is 1. The Labute approximate surface area is 124 Å². The van der Waals surface area contributed by atoms with Crippen LogP contribution >= 0.6 is 0 Å². The van der Waals surface area contributed by atoms with Crippen LogP contribution in [0.2, 0.25) is 0 Å². The second kappa shape index (κ2) is 5.30. The maximum absolute atomic E-state index is 13.0. The minimum atomic E-state index is -0.885. The zero-order valence-corrected chi connectivity index (χ0v) is 12.2. The molecule has 1 atom stereocenters. The first-order valence-corrected chi connectivity index (χ1v) is 7.49. The number of hydrogen-bond acceptors (Lipinski definition) is 3. The Bertz CT molecular complexity index is 526. The van der Waals surface area contributed by atoms with Crippen molar-refractivity contribution >= 4 is 11.7 Å². The number of likely N-dealkylation sites (N-methyl/N-ethyl adjacent to an activating group) is 1. The highest BCUT2D eigenvalue weighted by Gasteiger charge is 2.53. The van der Waals surface area contributed by atoms with Gasteiger partial charge in [-0.15, -0.1) is 0 Å². The molecule has 114 valence electrons. The van der Waals surface area contributed by atoms with Crippen molar-refractivity contribution in [2.45, 2.75) is 37.3 Å². The molecular formula is C16H21FN2O2. The summed E-state index contributed by atoms with van der Waals surface area (Å²) in [4.78, 5) is 13.8. The Kier molecular flexibility index (Phi) is 3.61. The van der Waals surface area contributed by atoms with E-state index in [4.69, 9.17) is 0 Å². The van der Waals surface area contributed by atoms with Crippen molar-refractivity contribution in [3.8, 4) is 0 Å². The molecule has 0 aromatic heterocycles. The highest BCUT2D eigenvalue weighted by Crippen LogP contribution is 2.42. The Morgan fingerprint density at radius 3 is 2.43 bits per heavy atom. The molecule has 1 aromatic rings. The number of halogens is 1. The standard InChI is InChI=1S/C16H21FN2O2/c1-19(14-8-4-12(17)5-9-14)10-16(15(20)21,11-2-3-11)18-13-6-7-13/h4-5,8-9,11,13,18H,2-3,6-7,10H2,1H3,(H,20,21). The van der Waals surface area contributed by atoms with Gasteiger partial charge < -0.3 is 10.0 Å². The van der Waals surface area contributed by atoms with Crippen LogP contribution in [0.4, 0.5) is 10.1 Å². The van der Waals surface area contributed by atoms with Crippen molar-refractivity contribution in [3.63, 3.8) is 0 Å². The Morgan fingerprint density at radius 2 is 1.95 bits per heavy atom.